The highest BCUT2D eigenvalue weighted by molar-refractivity contribution is 5.88. The van der Waals surface area contributed by atoms with Gasteiger partial charge in [0.1, 0.15) is 30.6 Å². The maximum atomic E-state index is 13.4. The lowest BCUT2D eigenvalue weighted by Crippen LogP contribution is -2.24. The molecule has 2 N–H and O–H groups in total. The van der Waals surface area contributed by atoms with Crippen molar-refractivity contribution in [1.29, 1.82) is 0 Å². The number of ether oxygens (including phenoxy) is 1. The second-order valence-corrected chi connectivity index (χ2v) is 3.94. The number of carbonyl (C=O) groups is 1. The van der Waals surface area contributed by atoms with Gasteiger partial charge in [-0.3, -0.25) is 0 Å². The summed E-state index contributed by atoms with van der Waals surface area (Å²) in [5, 5.41) is 28.7. The molecule has 0 radical (unpaired) electrons. The van der Waals surface area contributed by atoms with E-state index in [0.717, 1.165) is 12.1 Å². The van der Waals surface area contributed by atoms with E-state index in [1.54, 1.807) is 0 Å². The van der Waals surface area contributed by atoms with Crippen LogP contribution in [0.15, 0.2) is 24.5 Å². The molecule has 0 saturated heterocycles. The lowest BCUT2D eigenvalue weighted by Gasteiger charge is -2.12. The van der Waals surface area contributed by atoms with Crippen LogP contribution >= 0.6 is 0 Å². The van der Waals surface area contributed by atoms with Gasteiger partial charge in [0.15, 0.2) is 0 Å². The van der Waals surface area contributed by atoms with Gasteiger partial charge < -0.3 is 14.9 Å². The van der Waals surface area contributed by atoms with E-state index in [1.165, 1.54) is 17.1 Å². The summed E-state index contributed by atoms with van der Waals surface area (Å²) in [5.74, 6) is -2.12. The van der Waals surface area contributed by atoms with Crippen LogP contribution in [0.2, 0.25) is 0 Å². The van der Waals surface area contributed by atoms with Crippen molar-refractivity contribution in [1.82, 2.24) is 20.2 Å². The predicted octanol–water partition coefficient (Wildman–Crippen LogP) is -0.0497. The van der Waals surface area contributed by atoms with E-state index in [-0.39, 0.29) is 18.9 Å². The molecule has 0 unspecified atom stereocenters. The van der Waals surface area contributed by atoms with Crippen molar-refractivity contribution in [2.45, 2.75) is 12.6 Å². The van der Waals surface area contributed by atoms with E-state index < -0.39 is 23.5 Å². The maximum Gasteiger partial charge on any atom is 0.338 e. The van der Waals surface area contributed by atoms with Gasteiger partial charge >= 0.3 is 5.97 Å². The lowest BCUT2D eigenvalue weighted by atomic mass is 10.2. The Hall–Kier alpha value is -2.55. The van der Waals surface area contributed by atoms with Crippen molar-refractivity contribution in [3.05, 3.63) is 35.9 Å². The molecule has 8 nitrogen and oxygen atoms in total. The molecule has 0 amide bonds. The summed E-state index contributed by atoms with van der Waals surface area (Å²) in [4.78, 5) is 10.6. The molecule has 0 spiro atoms. The molecule has 9 heteroatoms. The Labute approximate surface area is 112 Å². The molecule has 1 aromatic heterocycles. The monoisotopic (exact) mass is 282 g/mol. The number of hydrogen-bond donors (Lipinski definition) is 2. The van der Waals surface area contributed by atoms with Crippen LogP contribution in [0.5, 0.6) is 5.75 Å². The maximum absolute atomic E-state index is 13.4. The summed E-state index contributed by atoms with van der Waals surface area (Å²) in [5.41, 5.74) is -0.438. The smallest absolute Gasteiger partial charge is 0.338 e. The van der Waals surface area contributed by atoms with Crippen LogP contribution in [0, 0.1) is 5.82 Å². The zero-order valence-corrected chi connectivity index (χ0v) is 10.2. The average Bonchev–Trinajstić information content (AvgIpc) is 2.89. The Morgan fingerprint density at radius 2 is 2.30 bits per heavy atom. The van der Waals surface area contributed by atoms with Gasteiger partial charge in [0, 0.05) is 6.07 Å². The molecule has 0 bridgehead atoms. The molecule has 0 aliphatic rings. The first-order chi connectivity index (χ1) is 9.56. The van der Waals surface area contributed by atoms with Gasteiger partial charge in [-0.05, 0) is 22.6 Å². The summed E-state index contributed by atoms with van der Waals surface area (Å²) in [6, 6.07) is 3.37. The molecular formula is C11H11FN4O4. The number of benzene rings is 1. The number of aromatic carboxylic acids is 1. The van der Waals surface area contributed by atoms with Gasteiger partial charge in [-0.2, -0.15) is 0 Å². The van der Waals surface area contributed by atoms with E-state index in [2.05, 4.69) is 15.5 Å². The van der Waals surface area contributed by atoms with E-state index in [1.807, 2.05) is 0 Å². The van der Waals surface area contributed by atoms with Crippen molar-refractivity contribution in [2.24, 2.45) is 0 Å². The van der Waals surface area contributed by atoms with Crippen molar-refractivity contribution in [3.63, 3.8) is 0 Å². The fourth-order valence-electron chi connectivity index (χ4n) is 1.48. The first kappa shape index (κ1) is 13.9. The van der Waals surface area contributed by atoms with Crippen LogP contribution in [0.25, 0.3) is 0 Å². The molecule has 0 aliphatic heterocycles. The molecular weight excluding hydrogens is 271 g/mol. The summed E-state index contributed by atoms with van der Waals surface area (Å²) in [6.07, 6.45) is 0.450. The Morgan fingerprint density at radius 3 is 2.90 bits per heavy atom. The Morgan fingerprint density at radius 1 is 1.50 bits per heavy atom. The van der Waals surface area contributed by atoms with Crippen LogP contribution in [-0.2, 0) is 6.54 Å². The Kier molecular flexibility index (Phi) is 4.20. The van der Waals surface area contributed by atoms with Gasteiger partial charge in [-0.25, -0.2) is 13.9 Å². The van der Waals surface area contributed by atoms with Gasteiger partial charge in [-0.15, -0.1) is 5.10 Å². The molecule has 2 rings (SSSR count). The summed E-state index contributed by atoms with van der Waals surface area (Å²) < 4.78 is 19.9. The van der Waals surface area contributed by atoms with Crippen LogP contribution in [-0.4, -0.2) is 49.1 Å². The number of hydrogen-bond acceptors (Lipinski definition) is 6. The minimum Gasteiger partial charge on any atom is -0.491 e. The topological polar surface area (TPSA) is 110 Å². The number of tetrazole rings is 1. The van der Waals surface area contributed by atoms with Crippen LogP contribution < -0.4 is 4.74 Å². The third-order valence-corrected chi connectivity index (χ3v) is 2.40. The highest BCUT2D eigenvalue weighted by Crippen LogP contribution is 2.17. The molecule has 106 valence electrons. The first-order valence-electron chi connectivity index (χ1n) is 5.60. The number of nitrogens with zero attached hydrogens (tertiary/aromatic N) is 4. The Bertz CT molecular complexity index is 590. The molecule has 0 fully saturated rings. The normalized spacial score (nSPS) is 12.1. The van der Waals surface area contributed by atoms with E-state index in [9.17, 15) is 14.3 Å². The molecule has 0 saturated carbocycles. The minimum absolute atomic E-state index is 0.105. The second-order valence-electron chi connectivity index (χ2n) is 3.94. The third-order valence-electron chi connectivity index (χ3n) is 2.40. The highest BCUT2D eigenvalue weighted by atomic mass is 19.1. The lowest BCUT2D eigenvalue weighted by molar-refractivity contribution is 0.0690. The summed E-state index contributed by atoms with van der Waals surface area (Å²) in [6.45, 7) is 0.0222. The average molecular weight is 282 g/mol. The standard InChI is InChI=1S/C11H11FN4O4/c12-10-3-8(1-2-9(10)11(18)19)20-5-7(17)4-16-6-13-14-15-16/h1-3,6-7,17H,4-5H2,(H,18,19)/t7-/m1/s1. The minimum atomic E-state index is -1.35. The molecule has 1 heterocycles. The van der Waals surface area contributed by atoms with Gasteiger partial charge in [0.25, 0.3) is 0 Å². The van der Waals surface area contributed by atoms with Crippen LogP contribution in [0.4, 0.5) is 4.39 Å². The summed E-state index contributed by atoms with van der Waals surface area (Å²) >= 11 is 0. The fourth-order valence-corrected chi connectivity index (χ4v) is 1.48. The number of aromatic nitrogens is 4. The highest BCUT2D eigenvalue weighted by Gasteiger charge is 2.12. The molecule has 20 heavy (non-hydrogen) atoms. The number of halogens is 1. The number of aliphatic hydroxyl groups excluding tert-OH is 1. The third kappa shape index (κ3) is 3.48. The summed E-state index contributed by atoms with van der Waals surface area (Å²) in [7, 11) is 0. The van der Waals surface area contributed by atoms with Crippen molar-refractivity contribution < 1.29 is 24.1 Å². The van der Waals surface area contributed by atoms with Gasteiger partial charge in [0.2, 0.25) is 0 Å². The Balaban J connectivity index is 1.90. The quantitative estimate of drug-likeness (QED) is 0.764. The fraction of sp³-hybridized carbons (Fsp3) is 0.273. The number of carboxylic acid groups (broad SMARTS) is 1. The van der Waals surface area contributed by atoms with Crippen molar-refractivity contribution >= 4 is 5.97 Å². The number of carboxylic acids is 1. The van der Waals surface area contributed by atoms with E-state index in [4.69, 9.17) is 9.84 Å². The van der Waals surface area contributed by atoms with E-state index >= 15 is 0 Å². The molecule has 1 aromatic carbocycles. The SMILES string of the molecule is O=C(O)c1ccc(OC[C@H](O)Cn2cnnn2)cc1F. The predicted molar refractivity (Wildman–Crippen MR) is 62.7 cm³/mol. The second kappa shape index (κ2) is 6.06. The van der Waals surface area contributed by atoms with Crippen molar-refractivity contribution in [2.75, 3.05) is 6.61 Å². The van der Waals surface area contributed by atoms with Gasteiger partial charge in [-0.1, -0.05) is 0 Å². The zero-order valence-electron chi connectivity index (χ0n) is 10.2. The first-order valence-corrected chi connectivity index (χ1v) is 5.60. The number of rotatable bonds is 6. The van der Waals surface area contributed by atoms with Gasteiger partial charge in [0.05, 0.1) is 12.1 Å². The van der Waals surface area contributed by atoms with Crippen LogP contribution in [0.3, 0.4) is 0 Å². The zero-order chi connectivity index (χ0) is 14.5. The van der Waals surface area contributed by atoms with E-state index in [0.29, 0.717) is 0 Å². The number of aliphatic hydroxyl groups is 1. The van der Waals surface area contributed by atoms with Crippen molar-refractivity contribution in [3.8, 4) is 5.75 Å². The molecule has 0 aliphatic carbocycles. The largest absolute Gasteiger partial charge is 0.491 e. The van der Waals surface area contributed by atoms with Crippen LogP contribution in [0.1, 0.15) is 10.4 Å². The molecule has 2 aromatic rings. The molecule has 1 atom stereocenters.